The summed E-state index contributed by atoms with van der Waals surface area (Å²) in [5.41, 5.74) is 22.3. The van der Waals surface area contributed by atoms with Gasteiger partial charge in [0.2, 0.25) is 0 Å². The summed E-state index contributed by atoms with van der Waals surface area (Å²) >= 11 is 0. The van der Waals surface area contributed by atoms with E-state index in [9.17, 15) is 0 Å². The Kier molecular flexibility index (Phi) is 23.1. The molecule has 1 heterocycles. The molecule has 0 bridgehead atoms. The monoisotopic (exact) mass is 1080 g/mol. The van der Waals surface area contributed by atoms with E-state index < -0.39 is 0 Å². The molecule has 0 N–H and O–H groups in total. The van der Waals surface area contributed by atoms with Crippen molar-refractivity contribution in [3.05, 3.63) is 169 Å². The lowest BCUT2D eigenvalue weighted by Crippen LogP contribution is -2.35. The summed E-state index contributed by atoms with van der Waals surface area (Å²) in [5.74, 6) is 10.2. The second-order valence-electron chi connectivity index (χ2n) is 30.5. The molecule has 0 saturated carbocycles. The van der Waals surface area contributed by atoms with Crippen LogP contribution in [-0.4, -0.2) is 6.10 Å². The molecule has 0 spiro atoms. The molecule has 4 aliphatic carbocycles. The van der Waals surface area contributed by atoms with E-state index in [-0.39, 0.29) is 5.41 Å². The van der Waals surface area contributed by atoms with Gasteiger partial charge < -0.3 is 4.74 Å². The molecular weight excluding hydrogens is 965 g/mol. The molecule has 440 valence electrons. The van der Waals surface area contributed by atoms with Crippen LogP contribution >= 0.6 is 0 Å². The first-order valence-corrected chi connectivity index (χ1v) is 32.8. The van der Waals surface area contributed by atoms with Crippen molar-refractivity contribution in [2.45, 2.75) is 271 Å². The van der Waals surface area contributed by atoms with Crippen molar-refractivity contribution in [2.24, 2.45) is 46.3 Å². The van der Waals surface area contributed by atoms with Crippen LogP contribution in [0.3, 0.4) is 0 Å². The SMILES string of the molecule is CC(C)c1ccc2c(c1)CC(C(C)C)C2.CC(C)c1ccc2c(c1)CC(C(C)C)CC2.CC(C)c1ccc2c(c1)CCC(C(C)(C)C)C2.CC(C)c1ccc2c(c1)CCC(C(C)(C)C)O2.CC(C)c1ccc2c(c1)CCC2C(C)C. The third kappa shape index (κ3) is 17.7. The second kappa shape index (κ2) is 28.5. The molecule has 0 aromatic heterocycles. The predicted molar refractivity (Wildman–Crippen MR) is 352 cm³/mol. The molecule has 5 aromatic carbocycles. The number of hydrogen-bond acceptors (Lipinski definition) is 1. The van der Waals surface area contributed by atoms with Crippen LogP contribution in [0.2, 0.25) is 0 Å². The van der Waals surface area contributed by atoms with Gasteiger partial charge in [0.25, 0.3) is 0 Å². The van der Waals surface area contributed by atoms with Gasteiger partial charge in [-0.3, -0.25) is 0 Å². The van der Waals surface area contributed by atoms with Crippen LogP contribution in [0.15, 0.2) is 91.0 Å². The minimum Gasteiger partial charge on any atom is -0.490 e. The Morgan fingerprint density at radius 2 is 0.738 bits per heavy atom. The van der Waals surface area contributed by atoms with Gasteiger partial charge in [-0.1, -0.05) is 237 Å². The Morgan fingerprint density at radius 1 is 0.338 bits per heavy atom. The smallest absolute Gasteiger partial charge is 0.122 e. The molecule has 0 radical (unpaired) electrons. The Morgan fingerprint density at radius 3 is 1.24 bits per heavy atom. The third-order valence-corrected chi connectivity index (χ3v) is 19.7. The van der Waals surface area contributed by atoms with Crippen molar-refractivity contribution in [3.63, 3.8) is 0 Å². The molecular formula is C79H118O. The van der Waals surface area contributed by atoms with Crippen molar-refractivity contribution < 1.29 is 4.74 Å². The zero-order valence-corrected chi connectivity index (χ0v) is 55.6. The van der Waals surface area contributed by atoms with Gasteiger partial charge in [0.1, 0.15) is 11.9 Å². The van der Waals surface area contributed by atoms with Crippen molar-refractivity contribution >= 4 is 0 Å². The van der Waals surface area contributed by atoms with Crippen molar-refractivity contribution in [2.75, 3.05) is 0 Å². The van der Waals surface area contributed by atoms with Gasteiger partial charge in [-0.05, 0) is 243 Å². The first-order chi connectivity index (χ1) is 37.5. The fraction of sp³-hybridized carbons (Fsp3) is 0.620. The Balaban J connectivity index is 0.000000161. The highest BCUT2D eigenvalue weighted by Crippen LogP contribution is 2.41. The molecule has 1 aliphatic heterocycles. The highest BCUT2D eigenvalue weighted by atomic mass is 16.5. The maximum atomic E-state index is 6.13. The van der Waals surface area contributed by atoms with Crippen LogP contribution in [0.5, 0.6) is 5.75 Å². The lowest BCUT2D eigenvalue weighted by Gasteiger charge is -2.35. The normalized spacial score (nSPS) is 20.1. The van der Waals surface area contributed by atoms with E-state index in [4.69, 9.17) is 4.74 Å². The van der Waals surface area contributed by atoms with Crippen LogP contribution in [0.1, 0.15) is 291 Å². The van der Waals surface area contributed by atoms with E-state index in [1.165, 1.54) is 97.6 Å². The number of ether oxygens (including phenoxy) is 1. The molecule has 5 unspecified atom stereocenters. The Labute approximate surface area is 494 Å². The number of rotatable bonds is 8. The van der Waals surface area contributed by atoms with Gasteiger partial charge in [0.05, 0.1) is 0 Å². The summed E-state index contributed by atoms with van der Waals surface area (Å²) in [5, 5.41) is 0. The van der Waals surface area contributed by atoms with E-state index in [1.807, 2.05) is 0 Å². The number of benzene rings is 5. The van der Waals surface area contributed by atoms with Gasteiger partial charge in [0.15, 0.2) is 0 Å². The largest absolute Gasteiger partial charge is 0.490 e. The summed E-state index contributed by atoms with van der Waals surface area (Å²) < 4.78 is 6.13. The Hall–Kier alpha value is -4.10. The van der Waals surface area contributed by atoms with E-state index in [0.717, 1.165) is 60.0 Å². The number of hydrogen-bond donors (Lipinski definition) is 0. The first kappa shape index (κ1) is 65.1. The molecule has 5 atom stereocenters. The summed E-state index contributed by atoms with van der Waals surface area (Å²) in [4.78, 5) is 0. The van der Waals surface area contributed by atoms with Crippen molar-refractivity contribution in [3.8, 4) is 5.75 Å². The number of fused-ring (bicyclic) bond motifs is 5. The summed E-state index contributed by atoms with van der Waals surface area (Å²) in [7, 11) is 0. The van der Waals surface area contributed by atoms with Crippen molar-refractivity contribution in [1.82, 2.24) is 0 Å². The van der Waals surface area contributed by atoms with Gasteiger partial charge in [-0.2, -0.15) is 0 Å². The zero-order valence-electron chi connectivity index (χ0n) is 55.6. The van der Waals surface area contributed by atoms with Crippen LogP contribution < -0.4 is 4.74 Å². The molecule has 5 aromatic rings. The summed E-state index contributed by atoms with van der Waals surface area (Å²) in [6, 6.07) is 35.2. The van der Waals surface area contributed by atoms with Crippen LogP contribution in [0, 0.1) is 46.3 Å². The summed E-state index contributed by atoms with van der Waals surface area (Å²) in [6.45, 7) is 50.7. The third-order valence-electron chi connectivity index (χ3n) is 19.7. The average molecular weight is 1080 g/mol. The van der Waals surface area contributed by atoms with Gasteiger partial charge >= 0.3 is 0 Å². The minimum atomic E-state index is 0.231. The number of aryl methyl sites for hydroxylation is 4. The average Bonchev–Trinajstić information content (AvgIpc) is 4.06. The quantitative estimate of drug-likeness (QED) is 0.150. The highest BCUT2D eigenvalue weighted by Gasteiger charge is 2.32. The lowest BCUT2D eigenvalue weighted by molar-refractivity contribution is 0.0674. The lowest BCUT2D eigenvalue weighted by atomic mass is 9.70. The molecule has 0 fully saturated rings. The molecule has 0 amide bonds. The maximum absolute atomic E-state index is 6.13. The first-order valence-electron chi connectivity index (χ1n) is 32.8. The maximum Gasteiger partial charge on any atom is 0.122 e. The van der Waals surface area contributed by atoms with Crippen molar-refractivity contribution in [1.29, 1.82) is 0 Å². The van der Waals surface area contributed by atoms with Gasteiger partial charge in [-0.15, -0.1) is 0 Å². The Bertz CT molecular complexity index is 2640. The molecule has 80 heavy (non-hydrogen) atoms. The van der Waals surface area contributed by atoms with Gasteiger partial charge in [0, 0.05) is 0 Å². The predicted octanol–water partition coefficient (Wildman–Crippen LogP) is 22.8. The van der Waals surface area contributed by atoms with Gasteiger partial charge in [-0.25, -0.2) is 0 Å². The highest BCUT2D eigenvalue weighted by molar-refractivity contribution is 5.42. The van der Waals surface area contributed by atoms with Crippen LogP contribution in [0.4, 0.5) is 0 Å². The zero-order chi connectivity index (χ0) is 59.0. The molecule has 5 aliphatic rings. The van der Waals surface area contributed by atoms with Crippen LogP contribution in [0.25, 0.3) is 0 Å². The van der Waals surface area contributed by atoms with E-state index in [1.54, 1.807) is 44.5 Å². The van der Waals surface area contributed by atoms with E-state index >= 15 is 0 Å². The topological polar surface area (TPSA) is 9.23 Å². The standard InChI is InChI=1S/C17H26.C16H24O.C16H24.2C15H22/c1-12(2)13-6-7-15-11-16(17(3,4)5)9-8-14(15)10-13;1-11(2)12-6-8-14-13(10-12)7-9-15(17-14)16(3,4)5;1-11(2)14-7-5-13-6-8-15(12(3)4)10-16(13)9-14;1-10(2)12-5-8-15-13(9-12)6-7-14(15)11(3)4;1-10(2)12-5-6-13-8-14(11(3)4)9-15(13)7-12/h6-7,10,12,16H,8-9,11H2,1-5H3;6,8,10-11,15H,7,9H2,1-5H3;5,7,9,11-12,15H,6,8,10H2,1-4H3;5,8-11,14H,6-7H2,1-4H3;5-7,10-11,14H,8-9H2,1-4H3. The fourth-order valence-corrected chi connectivity index (χ4v) is 13.2. The molecule has 0 saturated heterocycles. The molecule has 1 nitrogen and oxygen atoms in total. The second-order valence-corrected chi connectivity index (χ2v) is 30.5. The molecule has 10 rings (SSSR count). The summed E-state index contributed by atoms with van der Waals surface area (Å²) in [6.07, 6.45) is 15.8. The van der Waals surface area contributed by atoms with E-state index in [2.05, 4.69) is 243 Å². The fourth-order valence-electron chi connectivity index (χ4n) is 13.2. The van der Waals surface area contributed by atoms with Crippen LogP contribution in [-0.2, 0) is 51.4 Å². The molecule has 1 heteroatoms. The van der Waals surface area contributed by atoms with E-state index in [0.29, 0.717) is 41.1 Å². The minimum absolute atomic E-state index is 0.231.